The number of nitrogens with zero attached hydrogens (tertiary/aromatic N) is 1. The number of carbonyl (C=O) groups is 1. The van der Waals surface area contributed by atoms with Gasteiger partial charge in [0.05, 0.1) is 17.2 Å². The average molecular weight is 503 g/mol. The van der Waals surface area contributed by atoms with E-state index in [0.717, 1.165) is 4.31 Å². The zero-order valence-electron chi connectivity index (χ0n) is 19.7. The van der Waals surface area contributed by atoms with Gasteiger partial charge in [-0.05, 0) is 67.6 Å². The highest BCUT2D eigenvalue weighted by atomic mass is 32.2. The minimum Gasteiger partial charge on any atom is -0.492 e. The van der Waals surface area contributed by atoms with E-state index in [-0.39, 0.29) is 10.6 Å². The number of nitrogens with one attached hydrogen (secondary N) is 1. The van der Waals surface area contributed by atoms with Crippen molar-refractivity contribution >= 4 is 27.3 Å². The smallest absolute Gasteiger partial charge is 0.264 e. The van der Waals surface area contributed by atoms with Crippen LogP contribution in [0.5, 0.6) is 17.2 Å². The molecular formula is C28H26N2O5S. The van der Waals surface area contributed by atoms with E-state index in [1.54, 1.807) is 66.7 Å². The SMILES string of the molecule is CCOc1ccccc1N(CC(=O)Nc1ccc(Oc2ccccc2)cc1)S(=O)(=O)c1ccccc1. The fourth-order valence-electron chi connectivity index (χ4n) is 3.52. The van der Waals surface area contributed by atoms with E-state index in [9.17, 15) is 13.2 Å². The summed E-state index contributed by atoms with van der Waals surface area (Å²) in [5.41, 5.74) is 0.792. The molecule has 0 atom stereocenters. The molecule has 0 heterocycles. The van der Waals surface area contributed by atoms with Crippen LogP contribution in [0.25, 0.3) is 0 Å². The highest BCUT2D eigenvalue weighted by Crippen LogP contribution is 2.32. The molecule has 0 saturated heterocycles. The molecule has 4 aromatic rings. The number of carbonyl (C=O) groups excluding carboxylic acids is 1. The molecule has 0 unspecified atom stereocenters. The van der Waals surface area contributed by atoms with Crippen LogP contribution in [-0.4, -0.2) is 27.5 Å². The lowest BCUT2D eigenvalue weighted by atomic mass is 10.2. The lowest BCUT2D eigenvalue weighted by molar-refractivity contribution is -0.114. The van der Waals surface area contributed by atoms with E-state index < -0.39 is 22.5 Å². The first-order chi connectivity index (χ1) is 17.5. The summed E-state index contributed by atoms with van der Waals surface area (Å²) in [5, 5.41) is 2.77. The van der Waals surface area contributed by atoms with E-state index >= 15 is 0 Å². The molecule has 4 aromatic carbocycles. The van der Waals surface area contributed by atoms with E-state index in [4.69, 9.17) is 9.47 Å². The first-order valence-electron chi connectivity index (χ1n) is 11.4. The Labute approximate surface area is 211 Å². The van der Waals surface area contributed by atoms with Gasteiger partial charge in [0.15, 0.2) is 0 Å². The summed E-state index contributed by atoms with van der Waals surface area (Å²) in [7, 11) is -4.05. The number of hydrogen-bond donors (Lipinski definition) is 1. The second-order valence-electron chi connectivity index (χ2n) is 7.71. The second-order valence-corrected chi connectivity index (χ2v) is 9.58. The Morgan fingerprint density at radius 3 is 2.03 bits per heavy atom. The lowest BCUT2D eigenvalue weighted by Crippen LogP contribution is -2.38. The van der Waals surface area contributed by atoms with Crippen molar-refractivity contribution in [2.45, 2.75) is 11.8 Å². The Kier molecular flexibility index (Phi) is 7.87. The van der Waals surface area contributed by atoms with Gasteiger partial charge >= 0.3 is 0 Å². The topological polar surface area (TPSA) is 84.9 Å². The van der Waals surface area contributed by atoms with E-state index in [0.29, 0.717) is 29.5 Å². The Balaban J connectivity index is 1.56. The van der Waals surface area contributed by atoms with Gasteiger partial charge in [-0.3, -0.25) is 9.10 Å². The van der Waals surface area contributed by atoms with Crippen molar-refractivity contribution in [1.82, 2.24) is 0 Å². The zero-order chi connectivity index (χ0) is 25.4. The molecule has 0 bridgehead atoms. The molecule has 1 N–H and O–H groups in total. The predicted molar refractivity (Wildman–Crippen MR) is 140 cm³/mol. The maximum Gasteiger partial charge on any atom is 0.264 e. The molecule has 7 nitrogen and oxygen atoms in total. The van der Waals surface area contributed by atoms with Crippen LogP contribution in [0.4, 0.5) is 11.4 Å². The number of benzene rings is 4. The van der Waals surface area contributed by atoms with Gasteiger partial charge in [0.1, 0.15) is 23.8 Å². The Bertz CT molecular complexity index is 1390. The first kappa shape index (κ1) is 24.8. The van der Waals surface area contributed by atoms with E-state index in [1.165, 1.54) is 12.1 Å². The van der Waals surface area contributed by atoms with Gasteiger partial charge in [-0.25, -0.2) is 8.42 Å². The minimum atomic E-state index is -4.05. The number of amides is 1. The summed E-state index contributed by atoms with van der Waals surface area (Å²) < 4.78 is 39.6. The van der Waals surface area contributed by atoms with Crippen molar-refractivity contribution in [3.05, 3.63) is 109 Å². The lowest BCUT2D eigenvalue weighted by Gasteiger charge is -2.26. The molecule has 4 rings (SSSR count). The quantitative estimate of drug-likeness (QED) is 0.300. The van der Waals surface area contributed by atoms with Crippen molar-refractivity contribution in [2.75, 3.05) is 22.8 Å². The fraction of sp³-hybridized carbons (Fsp3) is 0.107. The van der Waals surface area contributed by atoms with Crippen LogP contribution in [0.15, 0.2) is 114 Å². The molecule has 1 amide bonds. The van der Waals surface area contributed by atoms with Crippen LogP contribution in [0.2, 0.25) is 0 Å². The molecule has 0 aromatic heterocycles. The third-order valence-electron chi connectivity index (χ3n) is 5.17. The maximum absolute atomic E-state index is 13.6. The zero-order valence-corrected chi connectivity index (χ0v) is 20.5. The summed E-state index contributed by atoms with van der Waals surface area (Å²) in [6.07, 6.45) is 0. The van der Waals surface area contributed by atoms with Crippen LogP contribution >= 0.6 is 0 Å². The molecule has 36 heavy (non-hydrogen) atoms. The first-order valence-corrected chi connectivity index (χ1v) is 12.8. The number of hydrogen-bond acceptors (Lipinski definition) is 5. The van der Waals surface area contributed by atoms with Gasteiger partial charge in [-0.2, -0.15) is 0 Å². The van der Waals surface area contributed by atoms with Crippen LogP contribution in [0.1, 0.15) is 6.92 Å². The van der Waals surface area contributed by atoms with Crippen molar-refractivity contribution in [3.8, 4) is 17.2 Å². The Hall–Kier alpha value is -4.30. The molecule has 0 saturated carbocycles. The summed E-state index contributed by atoms with van der Waals surface area (Å²) in [6.45, 7) is 1.72. The fourth-order valence-corrected chi connectivity index (χ4v) is 4.97. The largest absolute Gasteiger partial charge is 0.492 e. The average Bonchev–Trinajstić information content (AvgIpc) is 2.90. The van der Waals surface area contributed by atoms with Gasteiger partial charge in [-0.1, -0.05) is 48.5 Å². The second kappa shape index (κ2) is 11.4. The summed E-state index contributed by atoms with van der Waals surface area (Å²) in [5.74, 6) is 1.18. The highest BCUT2D eigenvalue weighted by Gasteiger charge is 2.29. The normalized spacial score (nSPS) is 10.9. The third-order valence-corrected chi connectivity index (χ3v) is 6.94. The van der Waals surface area contributed by atoms with Crippen molar-refractivity contribution in [3.63, 3.8) is 0 Å². The van der Waals surface area contributed by atoms with Gasteiger partial charge in [0.2, 0.25) is 5.91 Å². The van der Waals surface area contributed by atoms with Gasteiger partial charge in [0, 0.05) is 5.69 Å². The molecule has 0 fully saturated rings. The molecular weight excluding hydrogens is 476 g/mol. The number of para-hydroxylation sites is 3. The van der Waals surface area contributed by atoms with Crippen molar-refractivity contribution in [1.29, 1.82) is 0 Å². The monoisotopic (exact) mass is 502 g/mol. The van der Waals surface area contributed by atoms with Gasteiger partial charge < -0.3 is 14.8 Å². The van der Waals surface area contributed by atoms with Crippen molar-refractivity contribution in [2.24, 2.45) is 0 Å². The number of rotatable bonds is 10. The number of anilines is 2. The Morgan fingerprint density at radius 2 is 1.36 bits per heavy atom. The van der Waals surface area contributed by atoms with Crippen LogP contribution in [-0.2, 0) is 14.8 Å². The summed E-state index contributed by atoms with van der Waals surface area (Å²) >= 11 is 0. The van der Waals surface area contributed by atoms with Crippen molar-refractivity contribution < 1.29 is 22.7 Å². The summed E-state index contributed by atoms with van der Waals surface area (Å²) in [4.78, 5) is 13.1. The maximum atomic E-state index is 13.6. The molecule has 0 aliphatic carbocycles. The standard InChI is InChI=1S/C28H26N2O5S/c1-2-34-27-16-10-9-15-26(27)30(36(32,33)25-13-7-4-8-14-25)21-28(31)29-22-17-19-24(20-18-22)35-23-11-5-3-6-12-23/h3-20H,2,21H2,1H3,(H,29,31). The minimum absolute atomic E-state index is 0.0755. The Morgan fingerprint density at radius 1 is 0.778 bits per heavy atom. The van der Waals surface area contributed by atoms with Crippen LogP contribution < -0.4 is 19.1 Å². The third kappa shape index (κ3) is 6.03. The highest BCUT2D eigenvalue weighted by molar-refractivity contribution is 7.92. The van der Waals surface area contributed by atoms with Crippen LogP contribution in [0, 0.1) is 0 Å². The van der Waals surface area contributed by atoms with E-state index in [1.807, 2.05) is 37.3 Å². The van der Waals surface area contributed by atoms with E-state index in [2.05, 4.69) is 5.32 Å². The van der Waals surface area contributed by atoms with Gasteiger partial charge in [0.25, 0.3) is 10.0 Å². The molecule has 0 radical (unpaired) electrons. The number of sulfonamides is 1. The molecule has 8 heteroatoms. The van der Waals surface area contributed by atoms with Gasteiger partial charge in [-0.15, -0.1) is 0 Å². The molecule has 0 aliphatic heterocycles. The molecule has 184 valence electrons. The van der Waals surface area contributed by atoms with Crippen LogP contribution in [0.3, 0.4) is 0 Å². The molecule has 0 spiro atoms. The summed E-state index contributed by atoms with van der Waals surface area (Å²) in [6, 6.07) is 30.9. The molecule has 0 aliphatic rings. The number of ether oxygens (including phenoxy) is 2. The predicted octanol–water partition coefficient (Wildman–Crippen LogP) is 5.71.